The van der Waals surface area contributed by atoms with E-state index in [0.29, 0.717) is 25.2 Å². The number of hydrogen-bond donors (Lipinski definition) is 2. The van der Waals surface area contributed by atoms with Gasteiger partial charge in [-0.1, -0.05) is 25.1 Å². The molecule has 2 unspecified atom stereocenters. The molecule has 0 aromatic heterocycles. The van der Waals surface area contributed by atoms with Crippen LogP contribution in [0.4, 0.5) is 4.39 Å². The van der Waals surface area contributed by atoms with Crippen molar-refractivity contribution in [2.75, 3.05) is 19.8 Å². The number of nitrogens with two attached hydrogens (primary N) is 1. The Morgan fingerprint density at radius 2 is 2.21 bits per heavy atom. The minimum atomic E-state index is -1.28. The third-order valence-corrected chi connectivity index (χ3v) is 4.42. The molecule has 1 aliphatic heterocycles. The van der Waals surface area contributed by atoms with Gasteiger partial charge in [0.1, 0.15) is 11.4 Å². The van der Waals surface area contributed by atoms with Crippen LogP contribution in [0.2, 0.25) is 0 Å². The van der Waals surface area contributed by atoms with Crippen LogP contribution in [0.5, 0.6) is 0 Å². The van der Waals surface area contributed by atoms with Crippen molar-refractivity contribution in [1.29, 1.82) is 0 Å². The number of halogens is 1. The summed E-state index contributed by atoms with van der Waals surface area (Å²) in [6, 6.07) is 6.39. The fourth-order valence-corrected chi connectivity index (χ4v) is 3.16. The minimum Gasteiger partial charge on any atom is -0.384 e. The first-order valence-electron chi connectivity index (χ1n) is 6.85. The zero-order valence-corrected chi connectivity index (χ0v) is 11.4. The van der Waals surface area contributed by atoms with Crippen molar-refractivity contribution >= 4 is 0 Å². The van der Waals surface area contributed by atoms with Crippen LogP contribution in [0.25, 0.3) is 0 Å². The van der Waals surface area contributed by atoms with Crippen LogP contribution in [0, 0.1) is 11.2 Å². The molecule has 2 rings (SSSR count). The smallest absolute Gasteiger partial charge is 0.129 e. The fraction of sp³-hybridized carbons (Fsp3) is 0.600. The standard InChI is InChI=1S/C15H22FNO2/c1-2-15(18,12-6-3-4-7-13(12)16)14(10-17)8-5-9-19-11-14/h3-4,6-7,18H,2,5,8-11,17H2,1H3. The maximum atomic E-state index is 14.1. The highest BCUT2D eigenvalue weighted by atomic mass is 19.1. The number of ether oxygens (including phenoxy) is 1. The zero-order chi connectivity index (χ0) is 13.9. The third-order valence-electron chi connectivity index (χ3n) is 4.42. The maximum Gasteiger partial charge on any atom is 0.129 e. The van der Waals surface area contributed by atoms with E-state index in [-0.39, 0.29) is 12.4 Å². The van der Waals surface area contributed by atoms with Crippen LogP contribution in [-0.4, -0.2) is 24.9 Å². The highest BCUT2D eigenvalue weighted by Gasteiger charge is 2.51. The molecule has 0 bridgehead atoms. The van der Waals surface area contributed by atoms with E-state index in [9.17, 15) is 9.50 Å². The first-order valence-corrected chi connectivity index (χ1v) is 6.85. The van der Waals surface area contributed by atoms with E-state index in [0.717, 1.165) is 12.8 Å². The van der Waals surface area contributed by atoms with Crippen LogP contribution in [0.15, 0.2) is 24.3 Å². The van der Waals surface area contributed by atoms with E-state index in [1.807, 2.05) is 6.92 Å². The molecule has 0 amide bonds. The molecule has 0 radical (unpaired) electrons. The highest BCUT2D eigenvalue weighted by molar-refractivity contribution is 5.28. The minimum absolute atomic E-state index is 0.283. The van der Waals surface area contributed by atoms with Crippen LogP contribution in [0.3, 0.4) is 0 Å². The second-order valence-electron chi connectivity index (χ2n) is 5.33. The summed E-state index contributed by atoms with van der Waals surface area (Å²) >= 11 is 0. The van der Waals surface area contributed by atoms with Gasteiger partial charge in [-0.3, -0.25) is 0 Å². The van der Waals surface area contributed by atoms with Crippen LogP contribution >= 0.6 is 0 Å². The van der Waals surface area contributed by atoms with Gasteiger partial charge in [0.15, 0.2) is 0 Å². The lowest BCUT2D eigenvalue weighted by Gasteiger charge is -2.48. The van der Waals surface area contributed by atoms with Gasteiger partial charge in [-0.15, -0.1) is 0 Å². The first-order chi connectivity index (χ1) is 9.09. The molecular weight excluding hydrogens is 245 g/mol. The van der Waals surface area contributed by atoms with Gasteiger partial charge >= 0.3 is 0 Å². The second kappa shape index (κ2) is 5.57. The van der Waals surface area contributed by atoms with Crippen molar-refractivity contribution in [2.24, 2.45) is 11.1 Å². The van der Waals surface area contributed by atoms with Crippen molar-refractivity contribution in [3.05, 3.63) is 35.6 Å². The van der Waals surface area contributed by atoms with E-state index in [2.05, 4.69) is 0 Å². The Morgan fingerprint density at radius 3 is 2.74 bits per heavy atom. The Hall–Kier alpha value is -0.970. The Labute approximate surface area is 113 Å². The number of benzene rings is 1. The molecule has 1 heterocycles. The molecule has 2 atom stereocenters. The van der Waals surface area contributed by atoms with Crippen LogP contribution in [0.1, 0.15) is 31.7 Å². The van der Waals surface area contributed by atoms with E-state index in [1.54, 1.807) is 18.2 Å². The van der Waals surface area contributed by atoms with Crippen molar-refractivity contribution in [3.8, 4) is 0 Å². The van der Waals surface area contributed by atoms with Gasteiger partial charge in [0, 0.05) is 24.1 Å². The molecule has 0 saturated carbocycles. The fourth-order valence-electron chi connectivity index (χ4n) is 3.16. The number of hydrogen-bond acceptors (Lipinski definition) is 3. The molecule has 1 saturated heterocycles. The van der Waals surface area contributed by atoms with E-state index in [1.165, 1.54) is 6.07 Å². The second-order valence-corrected chi connectivity index (χ2v) is 5.33. The lowest BCUT2D eigenvalue weighted by Crippen LogP contribution is -2.55. The average Bonchev–Trinajstić information content (AvgIpc) is 2.47. The molecule has 0 aliphatic carbocycles. The molecule has 4 heteroatoms. The largest absolute Gasteiger partial charge is 0.384 e. The van der Waals surface area contributed by atoms with Crippen LogP contribution < -0.4 is 5.73 Å². The highest BCUT2D eigenvalue weighted by Crippen LogP contribution is 2.47. The summed E-state index contributed by atoms with van der Waals surface area (Å²) in [5.41, 5.74) is 4.36. The lowest BCUT2D eigenvalue weighted by molar-refractivity contribution is -0.153. The molecule has 3 N–H and O–H groups in total. The first kappa shape index (κ1) is 14.4. The summed E-state index contributed by atoms with van der Waals surface area (Å²) in [6.07, 6.45) is 2.00. The summed E-state index contributed by atoms with van der Waals surface area (Å²) in [6.45, 7) is 3.20. The molecular formula is C15H22FNO2. The van der Waals surface area contributed by atoms with Gasteiger partial charge in [0.05, 0.1) is 6.61 Å². The Bertz CT molecular complexity index is 432. The number of rotatable bonds is 4. The predicted octanol–water partition coefficient (Wildman–Crippen LogP) is 2.18. The van der Waals surface area contributed by atoms with Crippen LogP contribution in [-0.2, 0) is 10.3 Å². The monoisotopic (exact) mass is 267 g/mol. The van der Waals surface area contributed by atoms with E-state index < -0.39 is 11.0 Å². The Morgan fingerprint density at radius 1 is 1.47 bits per heavy atom. The SMILES string of the molecule is CCC(O)(c1ccccc1F)C1(CN)CCCOC1. The predicted molar refractivity (Wildman–Crippen MR) is 72.1 cm³/mol. The van der Waals surface area contributed by atoms with Gasteiger partial charge in [-0.25, -0.2) is 4.39 Å². The summed E-state index contributed by atoms with van der Waals surface area (Å²) < 4.78 is 19.6. The van der Waals surface area contributed by atoms with Gasteiger partial charge < -0.3 is 15.6 Å². The Kier molecular flexibility index (Phi) is 4.23. The Balaban J connectivity index is 2.49. The van der Waals surface area contributed by atoms with Crippen molar-refractivity contribution in [3.63, 3.8) is 0 Å². The van der Waals surface area contributed by atoms with Gasteiger partial charge in [0.2, 0.25) is 0 Å². The van der Waals surface area contributed by atoms with E-state index in [4.69, 9.17) is 10.5 Å². The van der Waals surface area contributed by atoms with Crippen molar-refractivity contribution in [1.82, 2.24) is 0 Å². The molecule has 1 aliphatic rings. The summed E-state index contributed by atoms with van der Waals surface area (Å²) in [5, 5.41) is 11.1. The van der Waals surface area contributed by atoms with Gasteiger partial charge in [0.25, 0.3) is 0 Å². The van der Waals surface area contributed by atoms with Crippen molar-refractivity contribution < 1.29 is 14.2 Å². The maximum absolute atomic E-state index is 14.1. The number of aliphatic hydroxyl groups is 1. The summed E-state index contributed by atoms with van der Waals surface area (Å²) in [7, 11) is 0. The molecule has 19 heavy (non-hydrogen) atoms. The summed E-state index contributed by atoms with van der Waals surface area (Å²) in [5.74, 6) is -0.384. The topological polar surface area (TPSA) is 55.5 Å². The van der Waals surface area contributed by atoms with Crippen molar-refractivity contribution in [2.45, 2.75) is 31.8 Å². The summed E-state index contributed by atoms with van der Waals surface area (Å²) in [4.78, 5) is 0. The molecule has 106 valence electrons. The van der Waals surface area contributed by atoms with E-state index >= 15 is 0 Å². The molecule has 1 fully saturated rings. The van der Waals surface area contributed by atoms with Gasteiger partial charge in [-0.05, 0) is 25.3 Å². The quantitative estimate of drug-likeness (QED) is 0.879. The third kappa shape index (κ3) is 2.29. The zero-order valence-electron chi connectivity index (χ0n) is 11.4. The molecule has 0 spiro atoms. The molecule has 1 aromatic rings. The molecule has 3 nitrogen and oxygen atoms in total. The lowest BCUT2D eigenvalue weighted by atomic mass is 9.64. The van der Waals surface area contributed by atoms with Gasteiger partial charge in [-0.2, -0.15) is 0 Å². The average molecular weight is 267 g/mol. The normalized spacial score (nSPS) is 26.9. The molecule has 1 aromatic carbocycles.